The number of hydrogen-bond acceptors (Lipinski definition) is 3. The van der Waals surface area contributed by atoms with Crippen molar-refractivity contribution in [3.05, 3.63) is 35.4 Å². The predicted octanol–water partition coefficient (Wildman–Crippen LogP) is 1.78. The molecule has 1 aromatic carbocycles. The molecule has 0 aromatic heterocycles. The number of carbonyl (C=O) groups is 1. The fraction of sp³-hybridized carbons (Fsp3) is 0.357. The molecule has 0 saturated heterocycles. The molecule has 0 spiro atoms. The molecule has 2 N–H and O–H groups in total. The minimum Gasteiger partial charge on any atom is -0.478 e. The number of nitrogens with one attached hydrogen (secondary N) is 1. The van der Waals surface area contributed by atoms with Crippen LogP contribution in [-0.4, -0.2) is 26.0 Å². The molecule has 0 aliphatic heterocycles. The van der Waals surface area contributed by atoms with Gasteiger partial charge in [0.15, 0.2) is 0 Å². The maximum atomic E-state index is 12.1. The normalized spacial score (nSPS) is 15.7. The van der Waals surface area contributed by atoms with Gasteiger partial charge in [-0.25, -0.2) is 17.9 Å². The zero-order valence-corrected chi connectivity index (χ0v) is 12.0. The second kappa shape index (κ2) is 5.76. The minimum absolute atomic E-state index is 0.211. The molecule has 0 atom stereocenters. The fourth-order valence-corrected chi connectivity index (χ4v) is 3.00. The van der Waals surface area contributed by atoms with Crippen LogP contribution in [0.3, 0.4) is 0 Å². The molecule has 0 unspecified atom stereocenters. The molecule has 0 radical (unpaired) electrons. The molecular weight excluding hydrogens is 278 g/mol. The highest BCUT2D eigenvalue weighted by atomic mass is 32.2. The molecule has 2 rings (SSSR count). The number of sulfonamides is 1. The topological polar surface area (TPSA) is 83.5 Å². The molecule has 1 saturated carbocycles. The summed E-state index contributed by atoms with van der Waals surface area (Å²) in [6.07, 6.45) is 4.65. The summed E-state index contributed by atoms with van der Waals surface area (Å²) < 4.78 is 26.7. The van der Waals surface area contributed by atoms with Crippen LogP contribution in [0.25, 0.3) is 6.08 Å². The number of carboxylic acid groups (broad SMARTS) is 1. The van der Waals surface area contributed by atoms with Gasteiger partial charge >= 0.3 is 5.97 Å². The van der Waals surface area contributed by atoms with Crippen molar-refractivity contribution >= 4 is 22.1 Å². The van der Waals surface area contributed by atoms with Gasteiger partial charge in [0.05, 0.1) is 4.90 Å². The van der Waals surface area contributed by atoms with E-state index in [1.807, 2.05) is 0 Å². The van der Waals surface area contributed by atoms with E-state index >= 15 is 0 Å². The van der Waals surface area contributed by atoms with Gasteiger partial charge in [-0.1, -0.05) is 6.07 Å². The Morgan fingerprint density at radius 2 is 2.15 bits per heavy atom. The van der Waals surface area contributed by atoms with Crippen molar-refractivity contribution in [3.8, 4) is 0 Å². The lowest BCUT2D eigenvalue weighted by atomic mass is 10.1. The summed E-state index contributed by atoms with van der Waals surface area (Å²) in [5.41, 5.74) is 1.41. The lowest BCUT2D eigenvalue weighted by Gasteiger charge is -2.08. The van der Waals surface area contributed by atoms with Crippen LogP contribution in [-0.2, 0) is 14.8 Å². The SMILES string of the molecule is Cc1cc(S(=O)(=O)NCC2CC2)ccc1C=CC(=O)O. The van der Waals surface area contributed by atoms with Gasteiger partial charge in [-0.2, -0.15) is 0 Å². The lowest BCUT2D eigenvalue weighted by Crippen LogP contribution is -2.25. The van der Waals surface area contributed by atoms with E-state index < -0.39 is 16.0 Å². The number of hydrogen-bond donors (Lipinski definition) is 2. The third kappa shape index (κ3) is 3.91. The summed E-state index contributed by atoms with van der Waals surface area (Å²) in [6.45, 7) is 2.24. The molecule has 1 aromatic rings. The zero-order chi connectivity index (χ0) is 14.8. The van der Waals surface area contributed by atoms with Crippen LogP contribution < -0.4 is 4.72 Å². The van der Waals surface area contributed by atoms with Crippen molar-refractivity contribution in [2.45, 2.75) is 24.7 Å². The Bertz CT molecular complexity index is 645. The third-order valence-electron chi connectivity index (χ3n) is 3.22. The van der Waals surface area contributed by atoms with E-state index in [2.05, 4.69) is 4.72 Å². The Balaban J connectivity index is 2.16. The summed E-state index contributed by atoms with van der Waals surface area (Å²) >= 11 is 0. The highest BCUT2D eigenvalue weighted by molar-refractivity contribution is 7.89. The average Bonchev–Trinajstić information content (AvgIpc) is 3.18. The van der Waals surface area contributed by atoms with Gasteiger partial charge in [-0.05, 0) is 55.0 Å². The third-order valence-corrected chi connectivity index (χ3v) is 4.64. The van der Waals surface area contributed by atoms with Crippen LogP contribution in [0.1, 0.15) is 24.0 Å². The van der Waals surface area contributed by atoms with Crippen LogP contribution in [0, 0.1) is 12.8 Å². The van der Waals surface area contributed by atoms with Gasteiger partial charge in [0.1, 0.15) is 0 Å². The van der Waals surface area contributed by atoms with Gasteiger partial charge in [0.25, 0.3) is 0 Å². The van der Waals surface area contributed by atoms with Crippen molar-refractivity contribution < 1.29 is 18.3 Å². The Morgan fingerprint density at radius 3 is 2.70 bits per heavy atom. The van der Waals surface area contributed by atoms with Gasteiger partial charge in [0.2, 0.25) is 10.0 Å². The Hall–Kier alpha value is -1.66. The second-order valence-corrected chi connectivity index (χ2v) is 6.75. The largest absolute Gasteiger partial charge is 0.478 e. The number of aliphatic carboxylic acids is 1. The van der Waals surface area contributed by atoms with Crippen molar-refractivity contribution in [1.29, 1.82) is 0 Å². The van der Waals surface area contributed by atoms with Gasteiger partial charge in [0, 0.05) is 12.6 Å². The summed E-state index contributed by atoms with van der Waals surface area (Å²) in [4.78, 5) is 10.7. The first kappa shape index (κ1) is 14.7. The van der Waals surface area contributed by atoms with Crippen molar-refractivity contribution in [2.75, 3.05) is 6.54 Å². The van der Waals surface area contributed by atoms with Crippen LogP contribution in [0.2, 0.25) is 0 Å². The number of benzene rings is 1. The number of carboxylic acids is 1. The maximum absolute atomic E-state index is 12.1. The molecule has 0 bridgehead atoms. The van der Waals surface area contributed by atoms with E-state index in [0.717, 1.165) is 24.5 Å². The molecular formula is C14H17NO4S. The van der Waals surface area contributed by atoms with E-state index in [0.29, 0.717) is 18.0 Å². The molecule has 6 heteroatoms. The van der Waals surface area contributed by atoms with Crippen molar-refractivity contribution in [3.63, 3.8) is 0 Å². The number of aryl methyl sites for hydroxylation is 1. The molecule has 5 nitrogen and oxygen atoms in total. The van der Waals surface area contributed by atoms with Gasteiger partial charge in [-0.3, -0.25) is 0 Å². The second-order valence-electron chi connectivity index (χ2n) is 4.99. The van der Waals surface area contributed by atoms with Crippen LogP contribution in [0.15, 0.2) is 29.2 Å². The Labute approximate surface area is 118 Å². The van der Waals surface area contributed by atoms with Crippen LogP contribution in [0.4, 0.5) is 0 Å². The molecule has 1 aliphatic carbocycles. The first-order chi connectivity index (χ1) is 9.38. The van der Waals surface area contributed by atoms with Crippen molar-refractivity contribution in [1.82, 2.24) is 4.72 Å². The highest BCUT2D eigenvalue weighted by Gasteiger charge is 2.24. The Kier molecular flexibility index (Phi) is 4.25. The minimum atomic E-state index is -3.48. The molecule has 108 valence electrons. The summed E-state index contributed by atoms with van der Waals surface area (Å²) in [7, 11) is -3.48. The first-order valence-corrected chi connectivity index (χ1v) is 7.88. The van der Waals surface area contributed by atoms with Crippen LogP contribution in [0.5, 0.6) is 0 Å². The summed E-state index contributed by atoms with van der Waals surface area (Å²) in [6, 6.07) is 4.65. The quantitative estimate of drug-likeness (QED) is 0.784. The standard InChI is InChI=1S/C14H17NO4S/c1-10-8-13(6-4-12(10)5-7-14(16)17)20(18,19)15-9-11-2-3-11/h4-8,11,15H,2-3,9H2,1H3,(H,16,17). The first-order valence-electron chi connectivity index (χ1n) is 6.40. The highest BCUT2D eigenvalue weighted by Crippen LogP contribution is 2.28. The van der Waals surface area contributed by atoms with E-state index in [1.165, 1.54) is 12.1 Å². The van der Waals surface area contributed by atoms with Crippen LogP contribution >= 0.6 is 0 Å². The molecule has 1 aliphatic rings. The molecule has 20 heavy (non-hydrogen) atoms. The molecule has 1 fully saturated rings. The molecule has 0 heterocycles. The monoisotopic (exact) mass is 295 g/mol. The maximum Gasteiger partial charge on any atom is 0.328 e. The number of rotatable bonds is 6. The van der Waals surface area contributed by atoms with E-state index in [4.69, 9.17) is 5.11 Å². The average molecular weight is 295 g/mol. The molecule has 0 amide bonds. The predicted molar refractivity (Wildman–Crippen MR) is 75.8 cm³/mol. The van der Waals surface area contributed by atoms with Crippen molar-refractivity contribution in [2.24, 2.45) is 5.92 Å². The Morgan fingerprint density at radius 1 is 1.45 bits per heavy atom. The summed E-state index contributed by atoms with van der Waals surface area (Å²) in [5, 5.41) is 8.58. The zero-order valence-electron chi connectivity index (χ0n) is 11.2. The van der Waals surface area contributed by atoms with E-state index in [9.17, 15) is 13.2 Å². The summed E-state index contributed by atoms with van der Waals surface area (Å²) in [5.74, 6) is -0.559. The fourth-order valence-electron chi connectivity index (χ4n) is 1.80. The van der Waals surface area contributed by atoms with E-state index in [1.54, 1.807) is 19.1 Å². The van der Waals surface area contributed by atoms with Gasteiger partial charge < -0.3 is 5.11 Å². The van der Waals surface area contributed by atoms with Gasteiger partial charge in [-0.15, -0.1) is 0 Å². The lowest BCUT2D eigenvalue weighted by molar-refractivity contribution is -0.131. The van der Waals surface area contributed by atoms with E-state index in [-0.39, 0.29) is 4.90 Å². The smallest absolute Gasteiger partial charge is 0.328 e.